The standard InChI is InChI=1S/C18H14F4N4O2/c19-13-5-7-14(8-6-13)23-17(27)28-11-15-10-26(25-24-15)9-12-3-1-2-4-16(12)18(20,21)22/h1-8,10H,9,11H2,(H,23,27). The second-order valence-corrected chi connectivity index (χ2v) is 5.77. The normalized spacial score (nSPS) is 11.3. The summed E-state index contributed by atoms with van der Waals surface area (Å²) in [6.45, 7) is -0.363. The Balaban J connectivity index is 1.58. The molecule has 3 rings (SSSR count). The Morgan fingerprint density at radius 2 is 1.82 bits per heavy atom. The van der Waals surface area contributed by atoms with Gasteiger partial charge in [-0.25, -0.2) is 13.9 Å². The van der Waals surface area contributed by atoms with E-state index in [1.54, 1.807) is 0 Å². The molecule has 0 spiro atoms. The maximum Gasteiger partial charge on any atom is 0.416 e. The Morgan fingerprint density at radius 3 is 2.54 bits per heavy atom. The summed E-state index contributed by atoms with van der Waals surface area (Å²) in [5.41, 5.74) is -0.0963. The van der Waals surface area contributed by atoms with Crippen LogP contribution in [0, 0.1) is 5.82 Å². The molecule has 0 fully saturated rings. The molecule has 146 valence electrons. The van der Waals surface area contributed by atoms with E-state index in [0.717, 1.165) is 6.07 Å². The molecule has 3 aromatic rings. The Kier molecular flexibility index (Phi) is 5.57. The number of nitrogens with one attached hydrogen (secondary N) is 1. The molecule has 0 radical (unpaired) electrons. The molecule has 0 bridgehead atoms. The molecule has 6 nitrogen and oxygen atoms in total. The Labute approximate surface area is 156 Å². The highest BCUT2D eigenvalue weighted by Gasteiger charge is 2.32. The van der Waals surface area contributed by atoms with Crippen LogP contribution in [0.5, 0.6) is 0 Å². The Morgan fingerprint density at radius 1 is 1.11 bits per heavy atom. The fraction of sp³-hybridized carbons (Fsp3) is 0.167. The lowest BCUT2D eigenvalue weighted by molar-refractivity contribution is -0.138. The van der Waals surface area contributed by atoms with Crippen LogP contribution in [-0.4, -0.2) is 21.1 Å². The number of amides is 1. The summed E-state index contributed by atoms with van der Waals surface area (Å²) in [4.78, 5) is 11.7. The van der Waals surface area contributed by atoms with Crippen molar-refractivity contribution in [1.29, 1.82) is 0 Å². The van der Waals surface area contributed by atoms with Crippen LogP contribution in [0.4, 0.5) is 28.0 Å². The van der Waals surface area contributed by atoms with Crippen LogP contribution in [0.15, 0.2) is 54.7 Å². The van der Waals surface area contributed by atoms with Gasteiger partial charge in [-0.3, -0.25) is 5.32 Å². The molecular formula is C18H14F4N4O2. The predicted molar refractivity (Wildman–Crippen MR) is 90.8 cm³/mol. The number of halogens is 4. The smallest absolute Gasteiger partial charge is 0.416 e. The van der Waals surface area contributed by atoms with Gasteiger partial charge in [-0.1, -0.05) is 23.4 Å². The molecule has 0 aliphatic rings. The summed E-state index contributed by atoms with van der Waals surface area (Å²) in [5, 5.41) is 9.93. The van der Waals surface area contributed by atoms with Gasteiger partial charge in [0.15, 0.2) is 0 Å². The summed E-state index contributed by atoms with van der Waals surface area (Å²) in [7, 11) is 0. The number of alkyl halides is 3. The number of ether oxygens (including phenoxy) is 1. The highest BCUT2D eigenvalue weighted by atomic mass is 19.4. The summed E-state index contributed by atoms with van der Waals surface area (Å²) >= 11 is 0. The van der Waals surface area contributed by atoms with Crippen molar-refractivity contribution in [2.75, 3.05) is 5.32 Å². The minimum Gasteiger partial charge on any atom is -0.443 e. The topological polar surface area (TPSA) is 69.0 Å². The molecule has 1 heterocycles. The van der Waals surface area contributed by atoms with Crippen LogP contribution in [-0.2, 0) is 24.1 Å². The van der Waals surface area contributed by atoms with Gasteiger partial charge in [-0.15, -0.1) is 5.10 Å². The molecule has 0 aliphatic carbocycles. The number of carbonyl (C=O) groups is 1. The molecule has 28 heavy (non-hydrogen) atoms. The van der Waals surface area contributed by atoms with Crippen LogP contribution < -0.4 is 5.32 Å². The molecule has 0 unspecified atom stereocenters. The number of hydrogen-bond donors (Lipinski definition) is 1. The number of aromatic nitrogens is 3. The summed E-state index contributed by atoms with van der Waals surface area (Å²) in [5.74, 6) is -0.442. The lowest BCUT2D eigenvalue weighted by Gasteiger charge is -2.12. The SMILES string of the molecule is O=C(Nc1ccc(F)cc1)OCc1cn(Cc2ccccc2C(F)(F)F)nn1. The zero-order chi connectivity index (χ0) is 20.1. The van der Waals surface area contributed by atoms with E-state index in [2.05, 4.69) is 15.6 Å². The fourth-order valence-electron chi connectivity index (χ4n) is 2.42. The first kappa shape index (κ1) is 19.3. The van der Waals surface area contributed by atoms with Crippen molar-refractivity contribution in [2.24, 2.45) is 0 Å². The number of anilines is 1. The fourth-order valence-corrected chi connectivity index (χ4v) is 2.42. The van der Waals surface area contributed by atoms with Crippen molar-refractivity contribution in [3.63, 3.8) is 0 Å². The van der Waals surface area contributed by atoms with Gasteiger partial charge >= 0.3 is 12.3 Å². The zero-order valence-electron chi connectivity index (χ0n) is 14.3. The van der Waals surface area contributed by atoms with Gasteiger partial charge in [0.2, 0.25) is 0 Å². The van der Waals surface area contributed by atoms with Gasteiger partial charge in [-0.2, -0.15) is 13.2 Å². The van der Waals surface area contributed by atoms with E-state index in [-0.39, 0.29) is 24.4 Å². The number of carbonyl (C=O) groups excluding carboxylic acids is 1. The Hall–Kier alpha value is -3.43. The molecular weight excluding hydrogens is 380 g/mol. The second-order valence-electron chi connectivity index (χ2n) is 5.77. The van der Waals surface area contributed by atoms with E-state index >= 15 is 0 Å². The van der Waals surface area contributed by atoms with Crippen LogP contribution in [0.25, 0.3) is 0 Å². The summed E-state index contributed by atoms with van der Waals surface area (Å²) < 4.78 is 58.1. The van der Waals surface area contributed by atoms with Crippen molar-refractivity contribution < 1.29 is 27.1 Å². The predicted octanol–water partition coefficient (Wildman–Crippen LogP) is 4.23. The summed E-state index contributed by atoms with van der Waals surface area (Å²) in [6.07, 6.45) is -3.87. The molecule has 0 saturated carbocycles. The molecule has 0 atom stereocenters. The van der Waals surface area contributed by atoms with E-state index in [1.807, 2.05) is 0 Å². The third-order valence-electron chi connectivity index (χ3n) is 3.68. The Bertz CT molecular complexity index is 955. The van der Waals surface area contributed by atoms with Gasteiger partial charge in [0.25, 0.3) is 0 Å². The maximum absolute atomic E-state index is 13.0. The van der Waals surface area contributed by atoms with Crippen LogP contribution in [0.2, 0.25) is 0 Å². The van der Waals surface area contributed by atoms with Crippen molar-refractivity contribution in [3.05, 3.63) is 77.4 Å². The second kappa shape index (κ2) is 8.07. The number of nitrogens with zero attached hydrogens (tertiary/aromatic N) is 3. The number of rotatable bonds is 5. The van der Waals surface area contributed by atoms with E-state index in [0.29, 0.717) is 5.69 Å². The average Bonchev–Trinajstić information content (AvgIpc) is 3.09. The third kappa shape index (κ3) is 5.06. The number of benzene rings is 2. The zero-order valence-corrected chi connectivity index (χ0v) is 14.3. The van der Waals surface area contributed by atoms with E-state index in [9.17, 15) is 22.4 Å². The quantitative estimate of drug-likeness (QED) is 0.658. The monoisotopic (exact) mass is 394 g/mol. The van der Waals surface area contributed by atoms with Crippen molar-refractivity contribution >= 4 is 11.8 Å². The van der Waals surface area contributed by atoms with Gasteiger partial charge in [0, 0.05) is 5.69 Å². The largest absolute Gasteiger partial charge is 0.443 e. The van der Waals surface area contributed by atoms with Gasteiger partial charge in [0.05, 0.1) is 18.3 Å². The summed E-state index contributed by atoms with van der Waals surface area (Å²) in [6, 6.07) is 10.3. The van der Waals surface area contributed by atoms with Gasteiger partial charge < -0.3 is 4.74 Å². The van der Waals surface area contributed by atoms with Crippen molar-refractivity contribution in [2.45, 2.75) is 19.3 Å². The van der Waals surface area contributed by atoms with Crippen LogP contribution >= 0.6 is 0 Å². The lowest BCUT2D eigenvalue weighted by Crippen LogP contribution is -2.13. The number of hydrogen-bond acceptors (Lipinski definition) is 4. The maximum atomic E-state index is 13.0. The average molecular weight is 394 g/mol. The molecule has 1 N–H and O–H groups in total. The first-order valence-corrected chi connectivity index (χ1v) is 8.05. The first-order valence-electron chi connectivity index (χ1n) is 8.05. The molecule has 10 heteroatoms. The minimum absolute atomic E-state index is 0.0430. The highest BCUT2D eigenvalue weighted by Crippen LogP contribution is 2.32. The van der Waals surface area contributed by atoms with Crippen molar-refractivity contribution in [1.82, 2.24) is 15.0 Å². The van der Waals surface area contributed by atoms with E-state index in [4.69, 9.17) is 4.74 Å². The first-order chi connectivity index (χ1) is 13.3. The molecule has 2 aromatic carbocycles. The molecule has 0 aliphatic heterocycles. The minimum atomic E-state index is -4.47. The van der Waals surface area contributed by atoms with Crippen LogP contribution in [0.1, 0.15) is 16.8 Å². The van der Waals surface area contributed by atoms with E-state index in [1.165, 1.54) is 53.3 Å². The molecule has 0 saturated heterocycles. The molecule has 1 amide bonds. The van der Waals surface area contributed by atoms with Gasteiger partial charge in [0.1, 0.15) is 18.1 Å². The van der Waals surface area contributed by atoms with Gasteiger partial charge in [-0.05, 0) is 35.9 Å². The molecule has 1 aromatic heterocycles. The highest BCUT2D eigenvalue weighted by molar-refractivity contribution is 5.84. The lowest BCUT2D eigenvalue weighted by atomic mass is 10.1. The van der Waals surface area contributed by atoms with Crippen LogP contribution in [0.3, 0.4) is 0 Å². The third-order valence-corrected chi connectivity index (χ3v) is 3.68. The van der Waals surface area contributed by atoms with Crippen molar-refractivity contribution in [3.8, 4) is 0 Å². The van der Waals surface area contributed by atoms with E-state index < -0.39 is 23.7 Å².